The largest absolute Gasteiger partial charge is 0.465 e. The number of aromatic nitrogens is 2. The third kappa shape index (κ3) is 3.37. The summed E-state index contributed by atoms with van der Waals surface area (Å²) in [6, 6.07) is 0. The molecule has 6 heteroatoms. The van der Waals surface area contributed by atoms with Gasteiger partial charge in [0.05, 0.1) is 6.61 Å². The Balaban J connectivity index is 2.30. The molecule has 0 aliphatic heterocycles. The van der Waals surface area contributed by atoms with Crippen molar-refractivity contribution in [1.82, 2.24) is 10.2 Å². The molecule has 5 nitrogen and oxygen atoms in total. The van der Waals surface area contributed by atoms with Crippen LogP contribution in [0, 0.1) is 6.92 Å². The summed E-state index contributed by atoms with van der Waals surface area (Å²) in [5.41, 5.74) is 0. The summed E-state index contributed by atoms with van der Waals surface area (Å²) in [7, 11) is 0. The monoisotopic (exact) mass is 201 g/mol. The van der Waals surface area contributed by atoms with Crippen LogP contribution in [0.4, 0.5) is 5.13 Å². The van der Waals surface area contributed by atoms with Crippen molar-refractivity contribution in [3.05, 3.63) is 5.01 Å². The molecule has 0 saturated carbocycles. The van der Waals surface area contributed by atoms with E-state index < -0.39 is 0 Å². The second-order valence-corrected chi connectivity index (χ2v) is 3.47. The van der Waals surface area contributed by atoms with E-state index in [1.54, 1.807) is 6.92 Å². The number of nitrogens with zero attached hydrogens (tertiary/aromatic N) is 2. The lowest BCUT2D eigenvalue weighted by atomic mass is 10.6. The number of nitrogens with one attached hydrogen (secondary N) is 1. The smallest absolute Gasteiger partial charge is 0.325 e. The summed E-state index contributed by atoms with van der Waals surface area (Å²) in [6.07, 6.45) is 0. The summed E-state index contributed by atoms with van der Waals surface area (Å²) in [6.45, 7) is 4.17. The molecule has 0 aliphatic rings. The van der Waals surface area contributed by atoms with Crippen molar-refractivity contribution in [2.75, 3.05) is 18.5 Å². The zero-order valence-corrected chi connectivity index (χ0v) is 8.35. The maximum absolute atomic E-state index is 10.9. The Morgan fingerprint density at radius 3 is 2.92 bits per heavy atom. The second-order valence-electron chi connectivity index (χ2n) is 2.28. The van der Waals surface area contributed by atoms with Crippen LogP contribution in [0.25, 0.3) is 0 Å². The first-order valence-electron chi connectivity index (χ1n) is 3.92. The van der Waals surface area contributed by atoms with E-state index in [4.69, 9.17) is 4.74 Å². The predicted molar refractivity (Wildman–Crippen MR) is 49.8 cm³/mol. The molecule has 0 aromatic carbocycles. The summed E-state index contributed by atoms with van der Waals surface area (Å²) in [5, 5.41) is 11.9. The summed E-state index contributed by atoms with van der Waals surface area (Å²) >= 11 is 1.41. The SMILES string of the molecule is CCOC(=O)CNc1nnc(C)s1. The van der Waals surface area contributed by atoms with Crippen LogP contribution >= 0.6 is 11.3 Å². The van der Waals surface area contributed by atoms with Crippen LogP contribution in [0.15, 0.2) is 0 Å². The average molecular weight is 201 g/mol. The van der Waals surface area contributed by atoms with Gasteiger partial charge >= 0.3 is 5.97 Å². The van der Waals surface area contributed by atoms with Gasteiger partial charge in [0, 0.05) is 0 Å². The third-order valence-electron chi connectivity index (χ3n) is 1.22. The summed E-state index contributed by atoms with van der Waals surface area (Å²) in [4.78, 5) is 10.9. The highest BCUT2D eigenvalue weighted by molar-refractivity contribution is 7.15. The molecule has 1 aromatic rings. The van der Waals surface area contributed by atoms with Gasteiger partial charge in [-0.15, -0.1) is 10.2 Å². The van der Waals surface area contributed by atoms with Crippen molar-refractivity contribution in [2.45, 2.75) is 13.8 Å². The first kappa shape index (κ1) is 9.91. The molecule has 72 valence electrons. The summed E-state index contributed by atoms with van der Waals surface area (Å²) < 4.78 is 4.73. The molecule has 0 bridgehead atoms. The number of rotatable bonds is 4. The molecule has 0 unspecified atom stereocenters. The first-order valence-corrected chi connectivity index (χ1v) is 4.73. The lowest BCUT2D eigenvalue weighted by molar-refractivity contribution is -0.140. The molecule has 0 radical (unpaired) electrons. The molecule has 0 spiro atoms. The van der Waals surface area contributed by atoms with Crippen LogP contribution < -0.4 is 5.32 Å². The van der Waals surface area contributed by atoms with Crippen LogP contribution in [0.1, 0.15) is 11.9 Å². The van der Waals surface area contributed by atoms with Crippen LogP contribution in [-0.4, -0.2) is 29.3 Å². The normalized spacial score (nSPS) is 9.69. The van der Waals surface area contributed by atoms with Crippen LogP contribution in [0.5, 0.6) is 0 Å². The molecule has 0 amide bonds. The molecule has 1 rings (SSSR count). The zero-order valence-electron chi connectivity index (χ0n) is 7.53. The van der Waals surface area contributed by atoms with Gasteiger partial charge in [0.2, 0.25) is 5.13 Å². The van der Waals surface area contributed by atoms with Crippen molar-refractivity contribution < 1.29 is 9.53 Å². The number of anilines is 1. The Labute approximate surface area is 80.1 Å². The topological polar surface area (TPSA) is 64.1 Å². The Morgan fingerprint density at radius 2 is 2.38 bits per heavy atom. The molecule has 1 aromatic heterocycles. The number of carbonyl (C=O) groups is 1. The first-order chi connectivity index (χ1) is 6.22. The fourth-order valence-corrected chi connectivity index (χ4v) is 1.32. The van der Waals surface area contributed by atoms with Gasteiger partial charge in [0.15, 0.2) is 0 Å². The highest BCUT2D eigenvalue weighted by atomic mass is 32.1. The van der Waals surface area contributed by atoms with E-state index in [1.165, 1.54) is 11.3 Å². The van der Waals surface area contributed by atoms with Gasteiger partial charge in [0.25, 0.3) is 0 Å². The molecule has 0 saturated heterocycles. The third-order valence-corrected chi connectivity index (χ3v) is 2.01. The van der Waals surface area contributed by atoms with Gasteiger partial charge < -0.3 is 10.1 Å². The molecule has 1 N–H and O–H groups in total. The molecule has 0 atom stereocenters. The second kappa shape index (κ2) is 4.76. The van der Waals surface area contributed by atoms with E-state index in [0.29, 0.717) is 11.7 Å². The minimum Gasteiger partial charge on any atom is -0.465 e. The molecule has 1 heterocycles. The highest BCUT2D eigenvalue weighted by Gasteiger charge is 2.03. The number of esters is 1. The van der Waals surface area contributed by atoms with E-state index in [0.717, 1.165) is 5.01 Å². The Kier molecular flexibility index (Phi) is 3.63. The molecule has 13 heavy (non-hydrogen) atoms. The van der Waals surface area contributed by atoms with Gasteiger partial charge in [-0.1, -0.05) is 11.3 Å². The Bertz CT molecular complexity index is 287. The number of aryl methyl sites for hydroxylation is 1. The van der Waals surface area contributed by atoms with Crippen molar-refractivity contribution >= 4 is 22.4 Å². The zero-order chi connectivity index (χ0) is 9.68. The maximum atomic E-state index is 10.9. The minimum absolute atomic E-state index is 0.141. The Morgan fingerprint density at radius 1 is 1.62 bits per heavy atom. The van der Waals surface area contributed by atoms with Crippen molar-refractivity contribution in [2.24, 2.45) is 0 Å². The van der Waals surface area contributed by atoms with Gasteiger partial charge in [-0.05, 0) is 13.8 Å². The van der Waals surface area contributed by atoms with Crippen LogP contribution in [0.2, 0.25) is 0 Å². The fourth-order valence-electron chi connectivity index (χ4n) is 0.728. The van der Waals surface area contributed by atoms with Crippen LogP contribution in [-0.2, 0) is 9.53 Å². The summed E-state index contributed by atoms with van der Waals surface area (Å²) in [5.74, 6) is -0.282. The molecular weight excluding hydrogens is 190 g/mol. The van der Waals surface area contributed by atoms with Crippen molar-refractivity contribution in [1.29, 1.82) is 0 Å². The standard InChI is InChI=1S/C7H11N3O2S/c1-3-12-6(11)4-8-7-10-9-5(2)13-7/h3-4H2,1-2H3,(H,8,10). The van der Waals surface area contributed by atoms with Gasteiger partial charge in [0.1, 0.15) is 11.6 Å². The van der Waals surface area contributed by atoms with Gasteiger partial charge in [-0.25, -0.2) is 0 Å². The lowest BCUT2D eigenvalue weighted by Gasteiger charge is -2.00. The predicted octanol–water partition coefficient (Wildman–Crippen LogP) is 0.822. The molecular formula is C7H11N3O2S. The van der Waals surface area contributed by atoms with Crippen molar-refractivity contribution in [3.63, 3.8) is 0 Å². The van der Waals surface area contributed by atoms with E-state index in [2.05, 4.69) is 15.5 Å². The maximum Gasteiger partial charge on any atom is 0.325 e. The molecule has 0 fully saturated rings. The Hall–Kier alpha value is -1.17. The quantitative estimate of drug-likeness (QED) is 0.731. The van der Waals surface area contributed by atoms with E-state index in [1.807, 2.05) is 6.92 Å². The van der Waals surface area contributed by atoms with Gasteiger partial charge in [-0.2, -0.15) is 0 Å². The van der Waals surface area contributed by atoms with E-state index in [9.17, 15) is 4.79 Å². The minimum atomic E-state index is -0.282. The lowest BCUT2D eigenvalue weighted by Crippen LogP contribution is -2.16. The molecule has 0 aliphatic carbocycles. The number of carbonyl (C=O) groups excluding carboxylic acids is 1. The van der Waals surface area contributed by atoms with Crippen molar-refractivity contribution in [3.8, 4) is 0 Å². The highest BCUT2D eigenvalue weighted by Crippen LogP contribution is 2.12. The van der Waals surface area contributed by atoms with E-state index in [-0.39, 0.29) is 12.5 Å². The van der Waals surface area contributed by atoms with E-state index >= 15 is 0 Å². The number of ether oxygens (including phenoxy) is 1. The fraction of sp³-hybridized carbons (Fsp3) is 0.571. The van der Waals surface area contributed by atoms with Gasteiger partial charge in [-0.3, -0.25) is 4.79 Å². The number of hydrogen-bond acceptors (Lipinski definition) is 6. The average Bonchev–Trinajstić information content (AvgIpc) is 2.49. The number of hydrogen-bond donors (Lipinski definition) is 1. The van der Waals surface area contributed by atoms with Crippen LogP contribution in [0.3, 0.4) is 0 Å².